The van der Waals surface area contributed by atoms with Gasteiger partial charge in [0.2, 0.25) is 0 Å². The third-order valence-electron chi connectivity index (χ3n) is 22.7. The van der Waals surface area contributed by atoms with Crippen LogP contribution >= 0.6 is 45.3 Å². The fourth-order valence-corrected chi connectivity index (χ4v) is 22.9. The topological polar surface area (TPSA) is 129 Å². The van der Waals surface area contributed by atoms with E-state index in [-0.39, 0.29) is 22.7 Å². The Balaban J connectivity index is 1.01. The largest absolute Gasteiger partial charge is 0.289 e. The first-order valence-corrected chi connectivity index (χ1v) is 41.7. The van der Waals surface area contributed by atoms with Gasteiger partial charge >= 0.3 is 0 Å². The Morgan fingerprint density at radius 2 is 0.689 bits per heavy atom. The zero-order chi connectivity index (χ0) is 73.4. The van der Waals surface area contributed by atoms with Gasteiger partial charge in [0.15, 0.2) is 11.6 Å². The maximum Gasteiger partial charge on any atom is 0.194 e. The van der Waals surface area contributed by atoms with E-state index in [4.69, 9.17) is 0 Å². The van der Waals surface area contributed by atoms with Crippen LogP contribution in [0.4, 0.5) is 0 Å². The number of ketones is 2. The molecule has 15 rings (SSSR count). The van der Waals surface area contributed by atoms with Gasteiger partial charge in [-0.05, 0) is 186 Å². The number of Topliss-reactive ketones (excluding diaryl/α,β-unsaturated/α-hetero) is 2. The van der Waals surface area contributed by atoms with Gasteiger partial charge in [0, 0.05) is 73.5 Å². The van der Waals surface area contributed by atoms with Crippen LogP contribution in [0.15, 0.2) is 180 Å². The van der Waals surface area contributed by atoms with Gasteiger partial charge in [0.1, 0.15) is 35.4 Å². The molecule has 10 heteroatoms. The van der Waals surface area contributed by atoms with Gasteiger partial charge in [0.25, 0.3) is 0 Å². The molecule has 0 radical (unpaired) electrons. The zero-order valence-corrected chi connectivity index (χ0v) is 64.8. The Bertz CT molecular complexity index is 5250. The Labute approximate surface area is 640 Å². The smallest absolute Gasteiger partial charge is 0.194 e. The van der Waals surface area contributed by atoms with Gasteiger partial charge in [-0.3, -0.25) is 9.59 Å². The first-order valence-electron chi connectivity index (χ1n) is 38.4. The third kappa shape index (κ3) is 12.4. The van der Waals surface area contributed by atoms with Crippen LogP contribution in [-0.2, 0) is 36.5 Å². The lowest BCUT2D eigenvalue weighted by Gasteiger charge is -2.36. The highest BCUT2D eigenvalue weighted by molar-refractivity contribution is 7.31. The van der Waals surface area contributed by atoms with Crippen LogP contribution < -0.4 is 0 Å². The summed E-state index contributed by atoms with van der Waals surface area (Å²) in [5, 5.41) is 42.0. The monoisotopic (exact) mass is 1450 g/mol. The number of hydrogen-bond acceptors (Lipinski definition) is 10. The lowest BCUT2D eigenvalue weighted by molar-refractivity contribution is 0.103. The Hall–Kier alpha value is -9.88. The van der Waals surface area contributed by atoms with Gasteiger partial charge in [0.05, 0.1) is 20.2 Å². The highest BCUT2D eigenvalue weighted by Crippen LogP contribution is 2.68. The van der Waals surface area contributed by atoms with Gasteiger partial charge in [-0.25, -0.2) is 0 Å². The molecule has 4 aliphatic carbocycles. The zero-order valence-electron chi connectivity index (χ0n) is 61.5. The fourth-order valence-electron chi connectivity index (χ4n) is 17.4. The van der Waals surface area contributed by atoms with Gasteiger partial charge in [-0.2, -0.15) is 21.0 Å². The molecule has 0 aliphatic heterocycles. The fraction of sp³-hybridized carbons (Fsp3) is 0.292. The molecule has 0 amide bonds. The molecule has 0 spiro atoms. The molecule has 0 saturated heterocycles. The molecule has 526 valence electrons. The summed E-state index contributed by atoms with van der Waals surface area (Å²) >= 11 is 7.03. The van der Waals surface area contributed by atoms with Crippen molar-refractivity contribution in [3.63, 3.8) is 0 Å². The van der Waals surface area contributed by atoms with Crippen LogP contribution in [0, 0.1) is 59.2 Å². The van der Waals surface area contributed by atoms with Crippen molar-refractivity contribution in [2.75, 3.05) is 0 Å². The second kappa shape index (κ2) is 30.5. The predicted octanol–water partition coefficient (Wildman–Crippen LogP) is 26.2. The number of hydrogen-bond donors (Lipinski definition) is 0. The lowest BCUT2D eigenvalue weighted by Crippen LogP contribution is -2.30. The molecule has 0 unspecified atom stereocenters. The average Bonchev–Trinajstić information content (AvgIpc) is 1.49. The molecule has 0 fully saturated rings. The summed E-state index contributed by atoms with van der Waals surface area (Å²) in [6.45, 7) is 13.0. The van der Waals surface area contributed by atoms with E-state index < -0.39 is 10.8 Å². The van der Waals surface area contributed by atoms with E-state index in [1.807, 2.05) is 85.1 Å². The molecule has 11 aromatic rings. The summed E-state index contributed by atoms with van der Waals surface area (Å²) in [4.78, 5) is 33.8. The molecule has 0 N–H and O–H groups in total. The van der Waals surface area contributed by atoms with Crippen LogP contribution in [0.2, 0.25) is 0 Å². The van der Waals surface area contributed by atoms with Crippen LogP contribution in [0.3, 0.4) is 0 Å². The quantitative estimate of drug-likeness (QED) is 0.0302. The molecule has 7 aromatic carbocycles. The third-order valence-corrected chi connectivity index (χ3v) is 27.5. The maximum atomic E-state index is 14.8. The van der Waals surface area contributed by atoms with E-state index in [0.717, 1.165) is 91.0 Å². The minimum atomic E-state index is -0.843. The normalized spacial score (nSPS) is 14.8. The number of benzene rings is 7. The van der Waals surface area contributed by atoms with Crippen molar-refractivity contribution < 1.29 is 9.59 Å². The molecule has 4 aromatic heterocycles. The number of rotatable bonds is 26. The van der Waals surface area contributed by atoms with E-state index >= 15 is 0 Å². The number of nitrogens with zero attached hydrogens (tertiary/aromatic N) is 4. The van der Waals surface area contributed by atoms with Gasteiger partial charge < -0.3 is 0 Å². The van der Waals surface area contributed by atoms with Crippen molar-refractivity contribution in [3.8, 4) is 45.2 Å². The molecule has 6 nitrogen and oxygen atoms in total. The van der Waals surface area contributed by atoms with Crippen molar-refractivity contribution in [2.24, 2.45) is 0 Å². The van der Waals surface area contributed by atoms with E-state index in [2.05, 4.69) is 173 Å². The highest BCUT2D eigenvalue weighted by atomic mass is 32.1. The minimum absolute atomic E-state index is 0.0762. The molecule has 0 bridgehead atoms. The second-order valence-electron chi connectivity index (χ2n) is 29.6. The molecule has 0 saturated carbocycles. The Morgan fingerprint density at radius 3 is 1.04 bits per heavy atom. The number of fused-ring (bicyclic) bond motifs is 12. The van der Waals surface area contributed by atoms with E-state index in [9.17, 15) is 30.6 Å². The molecule has 4 aliphatic rings. The summed E-state index contributed by atoms with van der Waals surface area (Å²) in [6, 6.07) is 68.1. The SMILES string of the molecule is CCCCCCc1ccc(C2(c3ccc(CCCCCC)cc3)c3cc4c(cc3-c3sc5cc(/C=C6\C(=O)c7cc(C)ccc7C6=C(C#N)C#N)sc5c32)C(c2ccc(CCCCCC)cc2)(c2ccc(CCCCCC)cc2)c2c-4sc3cc(/C=C4\C(=O)c5ccc(C)cc5C4=C(C#N)C#N)sc23)cc1. The number of carbonyl (C=O) groups is 2. The number of unbranched alkanes of at least 4 members (excludes halogenated alkanes) is 12. The van der Waals surface area contributed by atoms with E-state index in [0.29, 0.717) is 44.5 Å². The minimum Gasteiger partial charge on any atom is -0.289 e. The summed E-state index contributed by atoms with van der Waals surface area (Å²) in [7, 11) is 0. The molecular formula is C96H86N4O2S4. The Morgan fingerprint density at radius 1 is 0.358 bits per heavy atom. The van der Waals surface area contributed by atoms with Crippen molar-refractivity contribution in [1.29, 1.82) is 21.0 Å². The number of aryl methyl sites for hydroxylation is 6. The second-order valence-corrected chi connectivity index (χ2v) is 33.9. The van der Waals surface area contributed by atoms with Gasteiger partial charge in [-0.1, -0.05) is 243 Å². The first kappa shape index (κ1) is 71.7. The average molecular weight is 1460 g/mol. The van der Waals surface area contributed by atoms with E-state index in [1.54, 1.807) is 22.7 Å². The van der Waals surface area contributed by atoms with Crippen molar-refractivity contribution in [1.82, 2.24) is 0 Å². The highest BCUT2D eigenvalue weighted by Gasteiger charge is 2.55. The molecule has 106 heavy (non-hydrogen) atoms. The molecule has 0 atom stereocenters. The van der Waals surface area contributed by atoms with E-state index in [1.165, 1.54) is 165 Å². The van der Waals surface area contributed by atoms with Crippen molar-refractivity contribution in [3.05, 3.63) is 290 Å². The molecule has 4 heterocycles. The Kier molecular flexibility index (Phi) is 20.7. The predicted molar refractivity (Wildman–Crippen MR) is 442 cm³/mol. The number of carbonyl (C=O) groups excluding carboxylic acids is 2. The first-order chi connectivity index (χ1) is 51.8. The summed E-state index contributed by atoms with van der Waals surface area (Å²) in [5.74, 6) is -0.377. The summed E-state index contributed by atoms with van der Waals surface area (Å²) in [5.41, 5.74) is 21.1. The maximum absolute atomic E-state index is 14.8. The van der Waals surface area contributed by atoms with Crippen LogP contribution in [-0.4, -0.2) is 11.6 Å². The van der Waals surface area contributed by atoms with Crippen LogP contribution in [0.1, 0.15) is 250 Å². The van der Waals surface area contributed by atoms with Crippen molar-refractivity contribution in [2.45, 2.75) is 181 Å². The van der Waals surface area contributed by atoms with Gasteiger partial charge in [-0.15, -0.1) is 45.3 Å². The van der Waals surface area contributed by atoms with Crippen LogP contribution in [0.25, 0.3) is 63.0 Å². The number of thiophene rings is 4. The number of allylic oxidation sites excluding steroid dienone is 6. The summed E-state index contributed by atoms with van der Waals surface area (Å²) in [6.07, 6.45) is 26.7. The van der Waals surface area contributed by atoms with Crippen molar-refractivity contribution >= 4 is 99.0 Å². The molecular weight excluding hydrogens is 1370 g/mol. The number of nitriles is 4. The summed E-state index contributed by atoms with van der Waals surface area (Å²) < 4.78 is 4.49. The standard InChI is InChI=1S/C96H86N4O2S4/c1-7-11-15-19-23-61-29-37-67(38-30-61)95(68-39-31-62(32-40-68)24-20-16-12-8-2)81-54-78-82(53-77(81)91-87(95)93-83(105-91)51-71(103-93)49-79-85(65(55-97)56-98)73-45-27-60(6)48-76(73)90(79)102)96(69-41-33-63(34-42-69)25-21-17-13-9-3,70-43-35-64(36-44-70)26-22-18-14-10-4)88-92(78)106-84-52-72(104-94(84)88)50-80-86(66(57-99)58-100)75-47-59(5)28-46-74(75)89(80)101/h27-54H,7-26H2,1-6H3/b79-49-,80-50-. The van der Waals surface area contributed by atoms with Crippen LogP contribution in [0.5, 0.6) is 0 Å². The lowest BCUT2D eigenvalue weighted by atomic mass is 9.65.